The van der Waals surface area contributed by atoms with E-state index in [1.54, 1.807) is 0 Å². The lowest BCUT2D eigenvalue weighted by Crippen LogP contribution is -2.10. The van der Waals surface area contributed by atoms with Gasteiger partial charge in [-0.15, -0.1) is 0 Å². The van der Waals surface area contributed by atoms with Gasteiger partial charge in [0.05, 0.1) is 12.7 Å². The normalized spacial score (nSPS) is 19.7. The molecular formula is C16H22O2. The Morgan fingerprint density at radius 1 is 1.22 bits per heavy atom. The van der Waals surface area contributed by atoms with Crippen molar-refractivity contribution in [3.8, 4) is 0 Å². The van der Waals surface area contributed by atoms with E-state index in [-0.39, 0.29) is 0 Å². The number of hydrogen-bond donors (Lipinski definition) is 0. The van der Waals surface area contributed by atoms with Crippen molar-refractivity contribution < 1.29 is 9.47 Å². The van der Waals surface area contributed by atoms with Crippen LogP contribution < -0.4 is 0 Å². The van der Waals surface area contributed by atoms with Gasteiger partial charge < -0.3 is 9.47 Å². The first kappa shape index (κ1) is 13.3. The Morgan fingerprint density at radius 3 is 3.00 bits per heavy atom. The third kappa shape index (κ3) is 5.03. The molecule has 2 heteroatoms. The number of ether oxygens (including phenoxy) is 2. The fraction of sp³-hybridized carbons (Fsp3) is 0.500. The highest BCUT2D eigenvalue weighted by Gasteiger charge is 2.07. The Labute approximate surface area is 110 Å². The molecule has 0 aliphatic carbocycles. The largest absolute Gasteiger partial charge is 0.377 e. The van der Waals surface area contributed by atoms with Gasteiger partial charge >= 0.3 is 0 Å². The van der Waals surface area contributed by atoms with Crippen LogP contribution in [0.3, 0.4) is 0 Å². The van der Waals surface area contributed by atoms with Crippen LogP contribution >= 0.6 is 0 Å². The third-order valence-corrected chi connectivity index (χ3v) is 3.09. The molecule has 0 fully saturated rings. The molecule has 1 aliphatic heterocycles. The van der Waals surface area contributed by atoms with Crippen LogP contribution in [0.1, 0.15) is 31.2 Å². The Morgan fingerprint density at radius 2 is 2.11 bits per heavy atom. The van der Waals surface area contributed by atoms with Gasteiger partial charge in [-0.2, -0.15) is 0 Å². The van der Waals surface area contributed by atoms with Crippen molar-refractivity contribution in [2.75, 3.05) is 13.2 Å². The summed E-state index contributed by atoms with van der Waals surface area (Å²) in [6.45, 7) is 2.41. The zero-order chi connectivity index (χ0) is 12.5. The fourth-order valence-electron chi connectivity index (χ4n) is 2.07. The second-order valence-corrected chi connectivity index (χ2v) is 4.66. The quantitative estimate of drug-likeness (QED) is 0.562. The average Bonchev–Trinajstić information content (AvgIpc) is 2.68. The van der Waals surface area contributed by atoms with Crippen molar-refractivity contribution in [1.29, 1.82) is 0 Å². The molecular weight excluding hydrogens is 224 g/mol. The molecule has 2 nitrogen and oxygen atoms in total. The molecule has 0 bridgehead atoms. The SMILES string of the molecule is C1=C[C@H](CCCOCc2ccccc2)OCCC1. The second-order valence-electron chi connectivity index (χ2n) is 4.66. The number of rotatable bonds is 6. The molecule has 1 aromatic carbocycles. The predicted molar refractivity (Wildman–Crippen MR) is 73.4 cm³/mol. The minimum Gasteiger partial charge on any atom is -0.377 e. The van der Waals surface area contributed by atoms with Gasteiger partial charge in [-0.3, -0.25) is 0 Å². The van der Waals surface area contributed by atoms with Crippen LogP contribution in [0, 0.1) is 0 Å². The van der Waals surface area contributed by atoms with Crippen LogP contribution in [0.15, 0.2) is 42.5 Å². The highest BCUT2D eigenvalue weighted by molar-refractivity contribution is 5.13. The van der Waals surface area contributed by atoms with E-state index in [1.165, 1.54) is 5.56 Å². The van der Waals surface area contributed by atoms with Gasteiger partial charge in [0, 0.05) is 13.2 Å². The molecule has 0 radical (unpaired) electrons. The summed E-state index contributed by atoms with van der Waals surface area (Å²) in [7, 11) is 0. The molecule has 2 rings (SSSR count). The summed E-state index contributed by atoms with van der Waals surface area (Å²) in [5.41, 5.74) is 1.24. The Kier molecular flexibility index (Phi) is 5.97. The van der Waals surface area contributed by atoms with E-state index in [0.29, 0.717) is 12.7 Å². The molecule has 0 N–H and O–H groups in total. The van der Waals surface area contributed by atoms with Gasteiger partial charge in [0.15, 0.2) is 0 Å². The summed E-state index contributed by atoms with van der Waals surface area (Å²) >= 11 is 0. The molecule has 0 saturated heterocycles. The highest BCUT2D eigenvalue weighted by Crippen LogP contribution is 2.11. The van der Waals surface area contributed by atoms with E-state index in [4.69, 9.17) is 9.47 Å². The molecule has 0 saturated carbocycles. The van der Waals surface area contributed by atoms with Gasteiger partial charge in [-0.1, -0.05) is 42.5 Å². The van der Waals surface area contributed by atoms with E-state index >= 15 is 0 Å². The molecule has 1 heterocycles. The van der Waals surface area contributed by atoms with Crippen LogP contribution in [0.4, 0.5) is 0 Å². The molecule has 0 aromatic heterocycles. The van der Waals surface area contributed by atoms with Crippen LogP contribution in [0.25, 0.3) is 0 Å². The highest BCUT2D eigenvalue weighted by atomic mass is 16.5. The third-order valence-electron chi connectivity index (χ3n) is 3.09. The fourth-order valence-corrected chi connectivity index (χ4v) is 2.07. The molecule has 0 unspecified atom stereocenters. The minimum absolute atomic E-state index is 0.299. The van der Waals surface area contributed by atoms with Gasteiger partial charge in [0.1, 0.15) is 0 Å². The molecule has 1 atom stereocenters. The smallest absolute Gasteiger partial charge is 0.0756 e. The van der Waals surface area contributed by atoms with E-state index in [9.17, 15) is 0 Å². The van der Waals surface area contributed by atoms with Gasteiger partial charge in [-0.25, -0.2) is 0 Å². The first-order valence-electron chi connectivity index (χ1n) is 6.85. The van der Waals surface area contributed by atoms with Crippen molar-refractivity contribution in [2.45, 2.75) is 38.4 Å². The molecule has 1 aliphatic rings. The summed E-state index contributed by atoms with van der Waals surface area (Å²) < 4.78 is 11.4. The first-order chi connectivity index (χ1) is 8.95. The lowest BCUT2D eigenvalue weighted by atomic mass is 10.2. The number of benzene rings is 1. The molecule has 18 heavy (non-hydrogen) atoms. The molecule has 98 valence electrons. The Bertz CT molecular complexity index is 345. The lowest BCUT2D eigenvalue weighted by molar-refractivity contribution is 0.0648. The van der Waals surface area contributed by atoms with Crippen molar-refractivity contribution in [3.05, 3.63) is 48.0 Å². The topological polar surface area (TPSA) is 18.5 Å². The molecule has 0 spiro atoms. The van der Waals surface area contributed by atoms with Gasteiger partial charge in [0.2, 0.25) is 0 Å². The van der Waals surface area contributed by atoms with E-state index < -0.39 is 0 Å². The van der Waals surface area contributed by atoms with Crippen molar-refractivity contribution >= 4 is 0 Å². The van der Waals surface area contributed by atoms with Crippen LogP contribution in [0.2, 0.25) is 0 Å². The van der Waals surface area contributed by atoms with E-state index in [2.05, 4.69) is 24.3 Å². The summed E-state index contributed by atoms with van der Waals surface area (Å²) in [5.74, 6) is 0. The maximum atomic E-state index is 5.73. The first-order valence-corrected chi connectivity index (χ1v) is 6.85. The summed E-state index contributed by atoms with van der Waals surface area (Å²) in [6.07, 6.45) is 9.16. The van der Waals surface area contributed by atoms with Crippen LogP contribution in [0.5, 0.6) is 0 Å². The lowest BCUT2D eigenvalue weighted by Gasteiger charge is -2.12. The molecule has 0 amide bonds. The second kappa shape index (κ2) is 8.06. The number of allylic oxidation sites excluding steroid dienone is 1. The Balaban J connectivity index is 1.56. The van der Waals surface area contributed by atoms with Gasteiger partial charge in [0.25, 0.3) is 0 Å². The average molecular weight is 246 g/mol. The Hall–Kier alpha value is -1.12. The predicted octanol–water partition coefficient (Wildman–Crippen LogP) is 3.72. The zero-order valence-electron chi connectivity index (χ0n) is 10.9. The van der Waals surface area contributed by atoms with Crippen molar-refractivity contribution in [3.63, 3.8) is 0 Å². The number of hydrogen-bond acceptors (Lipinski definition) is 2. The molecule has 1 aromatic rings. The van der Waals surface area contributed by atoms with E-state index in [1.807, 2.05) is 18.2 Å². The van der Waals surface area contributed by atoms with Crippen LogP contribution in [-0.4, -0.2) is 19.3 Å². The standard InChI is InChI=1S/C16H22O2/c1-3-8-15(9-4-1)14-17-12-7-11-16-10-5-2-6-13-18-16/h1,3-5,8-10,16H,2,6-7,11-14H2/t16-/m1/s1. The van der Waals surface area contributed by atoms with Crippen molar-refractivity contribution in [1.82, 2.24) is 0 Å². The van der Waals surface area contributed by atoms with Gasteiger partial charge in [-0.05, 0) is 31.2 Å². The maximum absolute atomic E-state index is 5.73. The van der Waals surface area contributed by atoms with Crippen molar-refractivity contribution in [2.24, 2.45) is 0 Å². The minimum atomic E-state index is 0.299. The summed E-state index contributed by atoms with van der Waals surface area (Å²) in [6, 6.07) is 10.3. The van der Waals surface area contributed by atoms with E-state index in [0.717, 1.165) is 38.9 Å². The zero-order valence-corrected chi connectivity index (χ0v) is 10.9. The summed E-state index contributed by atoms with van der Waals surface area (Å²) in [5, 5.41) is 0. The summed E-state index contributed by atoms with van der Waals surface area (Å²) in [4.78, 5) is 0. The monoisotopic (exact) mass is 246 g/mol. The maximum Gasteiger partial charge on any atom is 0.0756 e. The van der Waals surface area contributed by atoms with Crippen LogP contribution in [-0.2, 0) is 16.1 Å².